The molecule has 0 radical (unpaired) electrons. The maximum atomic E-state index is 11.3. The van der Waals surface area contributed by atoms with Crippen molar-refractivity contribution in [1.29, 1.82) is 0 Å². The molecule has 22 heavy (non-hydrogen) atoms. The minimum atomic E-state index is -1.02. The Labute approximate surface area is 143 Å². The van der Waals surface area contributed by atoms with E-state index in [1.54, 1.807) is 0 Å². The van der Waals surface area contributed by atoms with Crippen LogP contribution in [-0.2, 0) is 19.0 Å². The van der Waals surface area contributed by atoms with Crippen molar-refractivity contribution in [2.45, 2.75) is 57.8 Å². The molecule has 1 aliphatic heterocycles. The summed E-state index contributed by atoms with van der Waals surface area (Å²) in [5.74, 6) is 0. The van der Waals surface area contributed by atoms with Crippen LogP contribution in [0, 0.1) is 0 Å². The fraction of sp³-hybridized carbons (Fsp3) is 0.647. The standard InChI is InChI=1S/C17H26INO3/c1-16(2,3)21-15-17(4,22-15)19(5)14(12-18-20)11-13-9-7-6-8-10-13/h6-10,14-15H,11-12H2,1-5H3/t14-,15?,17-/m1/s1. The van der Waals surface area contributed by atoms with Crippen molar-refractivity contribution in [2.75, 3.05) is 11.5 Å². The summed E-state index contributed by atoms with van der Waals surface area (Å²) in [4.78, 5) is 2.19. The number of alkyl halides is 1. The molecule has 1 aliphatic rings. The lowest BCUT2D eigenvalue weighted by molar-refractivity contribution is -0.0594. The van der Waals surface area contributed by atoms with E-state index in [-0.39, 0.29) is 17.9 Å². The first-order chi connectivity index (χ1) is 10.3. The smallest absolute Gasteiger partial charge is 0.203 e. The summed E-state index contributed by atoms with van der Waals surface area (Å²) in [6.45, 7) is 8.13. The van der Waals surface area contributed by atoms with Crippen LogP contribution in [-0.4, -0.2) is 40.0 Å². The van der Waals surface area contributed by atoms with Gasteiger partial charge < -0.3 is 9.47 Å². The average Bonchev–Trinajstić information content (AvgIpc) is 3.08. The van der Waals surface area contributed by atoms with Gasteiger partial charge in [-0.3, -0.25) is 7.97 Å². The molecule has 1 heterocycles. The topological polar surface area (TPSA) is 42.1 Å². The van der Waals surface area contributed by atoms with Crippen molar-refractivity contribution in [3.63, 3.8) is 0 Å². The fourth-order valence-corrected chi connectivity index (χ4v) is 3.82. The van der Waals surface area contributed by atoms with Crippen LogP contribution in [0.3, 0.4) is 0 Å². The minimum Gasteiger partial charge on any atom is -0.343 e. The lowest BCUT2D eigenvalue weighted by Crippen LogP contribution is -2.45. The van der Waals surface area contributed by atoms with Gasteiger partial charge in [0.15, 0.2) is 5.72 Å². The number of epoxide rings is 1. The van der Waals surface area contributed by atoms with Crippen LogP contribution in [0.4, 0.5) is 0 Å². The van der Waals surface area contributed by atoms with Gasteiger partial charge in [0.05, 0.1) is 5.60 Å². The second-order valence-electron chi connectivity index (χ2n) is 6.95. The van der Waals surface area contributed by atoms with E-state index in [2.05, 4.69) is 17.0 Å². The lowest BCUT2D eigenvalue weighted by atomic mass is 10.1. The molecule has 0 saturated carbocycles. The Morgan fingerprint density at radius 1 is 1.36 bits per heavy atom. The predicted octanol–water partition coefficient (Wildman–Crippen LogP) is 3.73. The highest BCUT2D eigenvalue weighted by atomic mass is 127. The summed E-state index contributed by atoms with van der Waals surface area (Å²) in [5, 5.41) is 0. The molecule has 0 amide bonds. The second-order valence-corrected chi connectivity index (χ2v) is 8.46. The van der Waals surface area contributed by atoms with Gasteiger partial charge in [-0.05, 0) is 46.7 Å². The molecular weight excluding hydrogens is 393 g/mol. The molecule has 2 rings (SSSR count). The van der Waals surface area contributed by atoms with Crippen LogP contribution in [0.25, 0.3) is 0 Å². The van der Waals surface area contributed by atoms with Gasteiger partial charge in [-0.2, -0.15) is 0 Å². The fourth-order valence-electron chi connectivity index (χ4n) is 2.50. The summed E-state index contributed by atoms with van der Waals surface area (Å²) in [7, 11) is 2.04. The molecule has 3 atom stereocenters. The van der Waals surface area contributed by atoms with Crippen molar-refractivity contribution < 1.29 is 12.5 Å². The first-order valence-electron chi connectivity index (χ1n) is 7.60. The van der Waals surface area contributed by atoms with E-state index >= 15 is 0 Å². The van der Waals surface area contributed by atoms with Gasteiger partial charge in [0, 0.05) is 10.5 Å². The number of hydrogen-bond donors (Lipinski definition) is 0. The van der Waals surface area contributed by atoms with Crippen LogP contribution in [0.15, 0.2) is 30.3 Å². The van der Waals surface area contributed by atoms with E-state index in [0.29, 0.717) is 4.43 Å². The Balaban J connectivity index is 2.04. The van der Waals surface area contributed by atoms with Crippen LogP contribution >= 0.6 is 21.2 Å². The highest BCUT2D eigenvalue weighted by Crippen LogP contribution is 2.43. The zero-order valence-corrected chi connectivity index (χ0v) is 16.2. The van der Waals surface area contributed by atoms with Crippen molar-refractivity contribution in [3.8, 4) is 0 Å². The molecule has 0 spiro atoms. The molecule has 1 unspecified atom stereocenters. The molecule has 5 heteroatoms. The third-order valence-corrected chi connectivity index (χ3v) is 5.37. The average molecular weight is 419 g/mol. The second kappa shape index (κ2) is 7.03. The van der Waals surface area contributed by atoms with Gasteiger partial charge in [-0.15, -0.1) is 0 Å². The van der Waals surface area contributed by atoms with Crippen molar-refractivity contribution >= 4 is 21.2 Å². The maximum Gasteiger partial charge on any atom is 0.203 e. The van der Waals surface area contributed by atoms with E-state index in [9.17, 15) is 3.07 Å². The van der Waals surface area contributed by atoms with Gasteiger partial charge in [0.2, 0.25) is 6.29 Å². The maximum absolute atomic E-state index is 11.3. The van der Waals surface area contributed by atoms with Crippen LogP contribution in [0.1, 0.15) is 33.3 Å². The Morgan fingerprint density at radius 3 is 2.55 bits per heavy atom. The quantitative estimate of drug-likeness (QED) is 0.384. The third kappa shape index (κ3) is 4.57. The van der Waals surface area contributed by atoms with Gasteiger partial charge in [0.25, 0.3) is 0 Å². The SMILES string of the molecule is CN([C@@H](CI=O)Cc1ccccc1)[C@]1(C)OC1OC(C)(C)C. The number of rotatable bonds is 7. The minimum absolute atomic E-state index is 0.200. The molecule has 0 N–H and O–H groups in total. The Bertz CT molecular complexity index is 502. The van der Waals surface area contributed by atoms with Gasteiger partial charge in [-0.25, -0.2) is 0 Å². The predicted molar refractivity (Wildman–Crippen MR) is 95.4 cm³/mol. The molecule has 0 aliphatic carbocycles. The van der Waals surface area contributed by atoms with E-state index in [4.69, 9.17) is 9.47 Å². The summed E-state index contributed by atoms with van der Waals surface area (Å²) < 4.78 is 23.8. The Kier molecular flexibility index (Phi) is 5.74. The summed E-state index contributed by atoms with van der Waals surface area (Å²) in [5.41, 5.74) is 0.601. The van der Waals surface area contributed by atoms with E-state index in [1.807, 2.05) is 52.9 Å². The molecule has 1 fully saturated rings. The normalized spacial score (nSPS) is 26.2. The summed E-state index contributed by atoms with van der Waals surface area (Å²) in [6.07, 6.45) is 0.654. The Hall–Kier alpha value is -0.370. The monoisotopic (exact) mass is 419 g/mol. The summed E-state index contributed by atoms with van der Waals surface area (Å²) >= 11 is -1.02. The molecule has 1 aromatic carbocycles. The van der Waals surface area contributed by atoms with Crippen molar-refractivity contribution in [1.82, 2.24) is 4.90 Å². The van der Waals surface area contributed by atoms with E-state index in [1.165, 1.54) is 5.56 Å². The van der Waals surface area contributed by atoms with E-state index in [0.717, 1.165) is 6.42 Å². The molecular formula is C17H26INO3. The van der Waals surface area contributed by atoms with Crippen molar-refractivity contribution in [2.24, 2.45) is 0 Å². The first-order valence-corrected chi connectivity index (χ1v) is 10.0. The Morgan fingerprint density at radius 2 is 2.00 bits per heavy atom. The van der Waals surface area contributed by atoms with Gasteiger partial charge in [-0.1, -0.05) is 30.3 Å². The van der Waals surface area contributed by atoms with Gasteiger partial charge in [0.1, 0.15) is 21.2 Å². The zero-order valence-electron chi connectivity index (χ0n) is 14.0. The number of benzene rings is 1. The molecule has 0 aromatic heterocycles. The van der Waals surface area contributed by atoms with Gasteiger partial charge >= 0.3 is 0 Å². The first kappa shape index (κ1) is 18.0. The zero-order chi connectivity index (χ0) is 16.4. The number of ether oxygens (including phenoxy) is 2. The number of halogens is 1. The van der Waals surface area contributed by atoms with Crippen molar-refractivity contribution in [3.05, 3.63) is 35.9 Å². The van der Waals surface area contributed by atoms with Crippen LogP contribution < -0.4 is 0 Å². The van der Waals surface area contributed by atoms with Crippen LogP contribution in [0.2, 0.25) is 0 Å². The summed E-state index contributed by atoms with van der Waals surface area (Å²) in [6, 6.07) is 10.5. The largest absolute Gasteiger partial charge is 0.343 e. The molecule has 1 aromatic rings. The number of hydrogen-bond acceptors (Lipinski definition) is 4. The number of likely N-dealkylation sites (N-methyl/N-ethyl adjacent to an activating group) is 1. The van der Waals surface area contributed by atoms with E-state index < -0.39 is 26.9 Å². The highest BCUT2D eigenvalue weighted by Gasteiger charge is 2.59. The highest BCUT2D eigenvalue weighted by molar-refractivity contribution is 14.1. The third-order valence-electron chi connectivity index (χ3n) is 3.99. The molecule has 124 valence electrons. The molecule has 4 nitrogen and oxygen atoms in total. The molecule has 0 bridgehead atoms. The van der Waals surface area contributed by atoms with Crippen LogP contribution in [0.5, 0.6) is 0 Å². The molecule has 1 saturated heterocycles. The number of nitrogens with zero attached hydrogens (tertiary/aromatic N) is 1. The lowest BCUT2D eigenvalue weighted by Gasteiger charge is -2.31.